The lowest BCUT2D eigenvalue weighted by Gasteiger charge is -2.41. The first-order chi connectivity index (χ1) is 13.9. The Balaban J connectivity index is 1.20. The summed E-state index contributed by atoms with van der Waals surface area (Å²) in [5.74, 6) is 0.993. The number of amides is 2. The van der Waals surface area contributed by atoms with Crippen molar-refractivity contribution in [2.45, 2.75) is 39.5 Å². The summed E-state index contributed by atoms with van der Waals surface area (Å²) in [6, 6.07) is 0. The molecule has 3 fully saturated rings. The minimum Gasteiger partial charge on any atom is -0.353 e. The van der Waals surface area contributed by atoms with Crippen LogP contribution in [0.15, 0.2) is 12.4 Å². The van der Waals surface area contributed by atoms with Gasteiger partial charge in [-0.3, -0.25) is 24.4 Å². The zero-order chi connectivity index (χ0) is 20.6. The Labute approximate surface area is 177 Å². The lowest BCUT2D eigenvalue weighted by atomic mass is 9.71. The average molecular weight is 420 g/mol. The van der Waals surface area contributed by atoms with E-state index in [4.69, 9.17) is 11.6 Å². The van der Waals surface area contributed by atoms with Crippen LogP contribution in [-0.2, 0) is 9.59 Å². The standard InChI is InChI=1S/C21H30ClN5O2/c1-21(2)15-5-6-16(21)20(29)27(19(15)28)8-4-3-7-25-9-11-26(12-10-25)18-14-23-13-17(22)24-18/h13-16H,3-12H2,1-2H3. The Bertz CT molecular complexity index is 752. The molecule has 0 N–H and O–H groups in total. The zero-order valence-corrected chi connectivity index (χ0v) is 18.1. The van der Waals surface area contributed by atoms with Gasteiger partial charge in [-0.25, -0.2) is 4.98 Å². The Morgan fingerprint density at radius 3 is 2.24 bits per heavy atom. The molecular weight excluding hydrogens is 390 g/mol. The molecule has 7 nitrogen and oxygen atoms in total. The molecule has 2 amide bonds. The second kappa shape index (κ2) is 8.19. The van der Waals surface area contributed by atoms with Crippen LogP contribution in [0, 0.1) is 17.3 Å². The van der Waals surface area contributed by atoms with Crippen molar-refractivity contribution in [2.75, 3.05) is 44.2 Å². The lowest BCUT2D eigenvalue weighted by molar-refractivity contribution is -0.160. The summed E-state index contributed by atoms with van der Waals surface area (Å²) < 4.78 is 0. The van der Waals surface area contributed by atoms with Gasteiger partial charge in [-0.15, -0.1) is 0 Å². The number of anilines is 1. The summed E-state index contributed by atoms with van der Waals surface area (Å²) in [5.41, 5.74) is -0.169. The summed E-state index contributed by atoms with van der Waals surface area (Å²) in [7, 11) is 0. The first-order valence-electron chi connectivity index (χ1n) is 10.7. The normalized spacial score (nSPS) is 27.0. The van der Waals surface area contributed by atoms with Crippen LogP contribution in [0.25, 0.3) is 0 Å². The van der Waals surface area contributed by atoms with Crippen molar-refractivity contribution in [3.05, 3.63) is 17.5 Å². The number of hydrogen-bond acceptors (Lipinski definition) is 6. The van der Waals surface area contributed by atoms with Crippen LogP contribution in [0.3, 0.4) is 0 Å². The Kier molecular flexibility index (Phi) is 5.80. The summed E-state index contributed by atoms with van der Waals surface area (Å²) in [6.07, 6.45) is 6.89. The highest BCUT2D eigenvalue weighted by Crippen LogP contribution is 2.52. The third-order valence-electron chi connectivity index (χ3n) is 7.06. The number of aromatic nitrogens is 2. The second-order valence-corrected chi connectivity index (χ2v) is 9.46. The molecule has 2 aliphatic heterocycles. The maximum absolute atomic E-state index is 12.8. The number of rotatable bonds is 6. The molecule has 2 unspecified atom stereocenters. The van der Waals surface area contributed by atoms with E-state index in [1.807, 2.05) is 0 Å². The molecule has 8 heteroatoms. The van der Waals surface area contributed by atoms with E-state index in [0.717, 1.165) is 64.2 Å². The zero-order valence-electron chi connectivity index (χ0n) is 17.3. The van der Waals surface area contributed by atoms with Crippen LogP contribution < -0.4 is 4.90 Å². The average Bonchev–Trinajstić information content (AvgIpc) is 2.94. The van der Waals surface area contributed by atoms with Crippen molar-refractivity contribution >= 4 is 29.2 Å². The Morgan fingerprint density at radius 1 is 1.00 bits per heavy atom. The van der Waals surface area contributed by atoms with Crippen LogP contribution in [0.1, 0.15) is 39.5 Å². The Morgan fingerprint density at radius 2 is 1.62 bits per heavy atom. The van der Waals surface area contributed by atoms with Crippen LogP contribution in [-0.4, -0.2) is 70.9 Å². The van der Waals surface area contributed by atoms with Gasteiger partial charge in [0.2, 0.25) is 11.8 Å². The fourth-order valence-electron chi connectivity index (χ4n) is 5.20. The predicted octanol–water partition coefficient (Wildman–Crippen LogP) is 2.45. The fraction of sp³-hybridized carbons (Fsp3) is 0.714. The van der Waals surface area contributed by atoms with E-state index >= 15 is 0 Å². The van der Waals surface area contributed by atoms with Gasteiger partial charge in [0.1, 0.15) is 11.0 Å². The topological polar surface area (TPSA) is 69.6 Å². The molecule has 3 heterocycles. The fourth-order valence-corrected chi connectivity index (χ4v) is 5.34. The van der Waals surface area contributed by atoms with E-state index in [9.17, 15) is 9.59 Å². The molecule has 0 aromatic carbocycles. The van der Waals surface area contributed by atoms with Crippen LogP contribution in [0.5, 0.6) is 0 Å². The van der Waals surface area contributed by atoms with E-state index in [-0.39, 0.29) is 29.1 Å². The third kappa shape index (κ3) is 3.99. The van der Waals surface area contributed by atoms with E-state index in [2.05, 4.69) is 33.6 Å². The molecule has 3 aliphatic rings. The van der Waals surface area contributed by atoms with E-state index in [1.165, 1.54) is 0 Å². The molecule has 1 saturated carbocycles. The number of halogens is 1. The first kappa shape index (κ1) is 20.5. The van der Waals surface area contributed by atoms with Gasteiger partial charge in [0.15, 0.2) is 0 Å². The van der Waals surface area contributed by atoms with Crippen molar-refractivity contribution in [3.63, 3.8) is 0 Å². The number of piperazine rings is 1. The van der Waals surface area contributed by atoms with Crippen molar-refractivity contribution in [1.29, 1.82) is 0 Å². The largest absolute Gasteiger partial charge is 0.353 e. The van der Waals surface area contributed by atoms with Gasteiger partial charge in [0.25, 0.3) is 0 Å². The SMILES string of the molecule is CC1(C)C2CCC1C(=O)N(CCCCN1CCN(c3cncc(Cl)n3)CC1)C2=O. The highest BCUT2D eigenvalue weighted by Gasteiger charge is 2.56. The van der Waals surface area contributed by atoms with E-state index in [1.54, 1.807) is 17.3 Å². The molecule has 29 heavy (non-hydrogen) atoms. The number of hydrogen-bond donors (Lipinski definition) is 0. The number of fused-ring (bicyclic) bond motifs is 2. The van der Waals surface area contributed by atoms with Crippen LogP contribution in [0.2, 0.25) is 5.15 Å². The monoisotopic (exact) mass is 419 g/mol. The van der Waals surface area contributed by atoms with Gasteiger partial charge in [-0.05, 0) is 37.6 Å². The van der Waals surface area contributed by atoms with Gasteiger partial charge in [-0.1, -0.05) is 25.4 Å². The predicted molar refractivity (Wildman–Crippen MR) is 112 cm³/mol. The first-order valence-corrected chi connectivity index (χ1v) is 11.1. The summed E-state index contributed by atoms with van der Waals surface area (Å²) in [6.45, 7) is 9.45. The van der Waals surface area contributed by atoms with Gasteiger partial charge in [-0.2, -0.15) is 0 Å². The molecule has 2 atom stereocenters. The third-order valence-corrected chi connectivity index (χ3v) is 7.25. The van der Waals surface area contributed by atoms with Gasteiger partial charge >= 0.3 is 0 Å². The highest BCUT2D eigenvalue weighted by atomic mass is 35.5. The lowest BCUT2D eigenvalue weighted by Crippen LogP contribution is -2.54. The van der Waals surface area contributed by atoms with Crippen molar-refractivity contribution in [2.24, 2.45) is 17.3 Å². The Hall–Kier alpha value is -1.73. The van der Waals surface area contributed by atoms with Gasteiger partial charge in [0, 0.05) is 44.6 Å². The molecule has 4 rings (SSSR count). The summed E-state index contributed by atoms with van der Waals surface area (Å²) >= 11 is 5.94. The van der Waals surface area contributed by atoms with Gasteiger partial charge in [0.05, 0.1) is 12.4 Å². The summed E-state index contributed by atoms with van der Waals surface area (Å²) in [5, 5.41) is 0.420. The smallest absolute Gasteiger partial charge is 0.232 e. The maximum Gasteiger partial charge on any atom is 0.232 e. The van der Waals surface area contributed by atoms with E-state index in [0.29, 0.717) is 11.7 Å². The number of carbonyl (C=O) groups excluding carboxylic acids is 2. The number of likely N-dealkylation sites (tertiary alicyclic amines) is 1. The number of imide groups is 1. The number of unbranched alkanes of at least 4 members (excludes halogenated alkanes) is 1. The molecular formula is C21H30ClN5O2. The molecule has 0 spiro atoms. The second-order valence-electron chi connectivity index (χ2n) is 9.07. The quantitative estimate of drug-likeness (QED) is 0.521. The number of nitrogens with zero attached hydrogens (tertiary/aromatic N) is 5. The maximum atomic E-state index is 12.8. The van der Waals surface area contributed by atoms with Crippen molar-refractivity contribution in [1.82, 2.24) is 19.8 Å². The number of piperidine rings is 1. The summed E-state index contributed by atoms with van der Waals surface area (Å²) in [4.78, 5) is 40.2. The number of carbonyl (C=O) groups is 2. The van der Waals surface area contributed by atoms with Crippen LogP contribution in [0.4, 0.5) is 5.82 Å². The van der Waals surface area contributed by atoms with Crippen molar-refractivity contribution in [3.8, 4) is 0 Å². The molecule has 1 aromatic rings. The molecule has 0 radical (unpaired) electrons. The molecule has 2 saturated heterocycles. The van der Waals surface area contributed by atoms with E-state index < -0.39 is 0 Å². The molecule has 1 aliphatic carbocycles. The minimum absolute atomic E-state index is 0.0212. The molecule has 1 aromatic heterocycles. The van der Waals surface area contributed by atoms with Crippen molar-refractivity contribution < 1.29 is 9.59 Å². The molecule has 158 valence electrons. The minimum atomic E-state index is -0.169. The molecule has 2 bridgehead atoms. The van der Waals surface area contributed by atoms with Crippen LogP contribution >= 0.6 is 11.6 Å². The van der Waals surface area contributed by atoms with Gasteiger partial charge < -0.3 is 4.90 Å². The highest BCUT2D eigenvalue weighted by molar-refractivity contribution is 6.29.